The van der Waals surface area contributed by atoms with E-state index in [-0.39, 0.29) is 55.5 Å². The van der Waals surface area contributed by atoms with E-state index in [0.717, 1.165) is 5.56 Å². The lowest BCUT2D eigenvalue weighted by Crippen LogP contribution is -2.22. The van der Waals surface area contributed by atoms with Crippen molar-refractivity contribution >= 4 is 46.2 Å². The third-order valence-electron chi connectivity index (χ3n) is 7.49. The average Bonchev–Trinajstić information content (AvgIpc) is 3.05. The number of aromatic hydroxyl groups is 1. The maximum absolute atomic E-state index is 13.7. The summed E-state index contributed by atoms with van der Waals surface area (Å²) in [4.78, 5) is 31.9. The predicted octanol–water partition coefficient (Wildman–Crippen LogP) is 6.79. The van der Waals surface area contributed by atoms with Crippen LogP contribution >= 0.6 is 11.6 Å². The number of azo groups is 1. The SMILES string of the molecule is COCCCNc1nc(NCCc2ccccc2)c(C#N)c(C)c1/N=N/c1c(Cl)cc(C#N)c2c1C(=O)c1c(O)cccc1C2=O. The summed E-state index contributed by atoms with van der Waals surface area (Å²) in [6, 6.07) is 19.4. The van der Waals surface area contributed by atoms with Gasteiger partial charge in [-0.05, 0) is 37.5 Å². The zero-order valence-electron chi connectivity index (χ0n) is 25.0. The lowest BCUT2D eigenvalue weighted by Gasteiger charge is -2.21. The molecule has 0 radical (unpaired) electrons. The van der Waals surface area contributed by atoms with E-state index in [2.05, 4.69) is 31.9 Å². The van der Waals surface area contributed by atoms with Gasteiger partial charge in [0.05, 0.1) is 38.9 Å². The molecular formula is C34H28ClN7O4. The Kier molecular flexibility index (Phi) is 9.67. The number of aromatic nitrogens is 1. The molecule has 3 N–H and O–H groups in total. The fourth-order valence-corrected chi connectivity index (χ4v) is 5.45. The normalized spacial score (nSPS) is 11.9. The summed E-state index contributed by atoms with van der Waals surface area (Å²) in [5, 5.41) is 45.5. The molecule has 0 amide bonds. The number of methoxy groups -OCH3 is 1. The van der Waals surface area contributed by atoms with Gasteiger partial charge < -0.3 is 20.5 Å². The first-order valence-electron chi connectivity index (χ1n) is 14.4. The number of phenolic OH excluding ortho intramolecular Hbond substituents is 1. The number of ketones is 2. The number of nitriles is 2. The van der Waals surface area contributed by atoms with E-state index in [1.807, 2.05) is 36.4 Å². The minimum atomic E-state index is -0.723. The van der Waals surface area contributed by atoms with Crippen molar-refractivity contribution in [1.82, 2.24) is 4.98 Å². The summed E-state index contributed by atoms with van der Waals surface area (Å²) in [6.45, 7) is 3.19. The number of ether oxygens (including phenoxy) is 1. The van der Waals surface area contributed by atoms with Crippen LogP contribution in [0.4, 0.5) is 23.0 Å². The average molecular weight is 634 g/mol. The maximum Gasteiger partial charge on any atom is 0.200 e. The van der Waals surface area contributed by atoms with Crippen LogP contribution in [0.15, 0.2) is 64.8 Å². The number of benzene rings is 3. The Labute approximate surface area is 270 Å². The smallest absolute Gasteiger partial charge is 0.200 e. The lowest BCUT2D eigenvalue weighted by molar-refractivity contribution is 0.0977. The van der Waals surface area contributed by atoms with Crippen molar-refractivity contribution in [1.29, 1.82) is 10.5 Å². The number of rotatable bonds is 11. The number of hydrogen-bond donors (Lipinski definition) is 3. The molecule has 3 aromatic carbocycles. The van der Waals surface area contributed by atoms with Crippen molar-refractivity contribution in [3.8, 4) is 17.9 Å². The van der Waals surface area contributed by atoms with Crippen molar-refractivity contribution in [2.45, 2.75) is 19.8 Å². The lowest BCUT2D eigenvalue weighted by atomic mass is 9.80. The van der Waals surface area contributed by atoms with Gasteiger partial charge in [0.15, 0.2) is 11.6 Å². The largest absolute Gasteiger partial charge is 0.507 e. The van der Waals surface area contributed by atoms with Gasteiger partial charge in [-0.25, -0.2) is 4.98 Å². The standard InChI is InChI=1S/C34H28ClN7O4/c1-19-23(18-37)33(39-14-12-20-8-4-3-5-9-20)40-34(38-13-7-15-46-2)29(19)41-42-30-24(35)16-21(17-36)26-28(30)32(45)27-22(31(26)44)10-6-11-25(27)43/h3-6,8-11,16,43H,7,12-15H2,1-2H3,(H2,38,39,40)/b42-41+. The summed E-state index contributed by atoms with van der Waals surface area (Å²) in [5.74, 6) is -1.05. The summed E-state index contributed by atoms with van der Waals surface area (Å²) < 4.78 is 5.16. The van der Waals surface area contributed by atoms with Crippen molar-refractivity contribution in [2.75, 3.05) is 37.4 Å². The Bertz CT molecular complexity index is 1960. The Morgan fingerprint density at radius 2 is 1.65 bits per heavy atom. The van der Waals surface area contributed by atoms with Gasteiger partial charge >= 0.3 is 0 Å². The van der Waals surface area contributed by atoms with Gasteiger partial charge in [-0.2, -0.15) is 10.5 Å². The van der Waals surface area contributed by atoms with Crippen LogP contribution in [0.5, 0.6) is 5.75 Å². The van der Waals surface area contributed by atoms with E-state index < -0.39 is 11.6 Å². The predicted molar refractivity (Wildman–Crippen MR) is 173 cm³/mol. The van der Waals surface area contributed by atoms with Crippen molar-refractivity contribution in [3.63, 3.8) is 0 Å². The number of nitrogens with one attached hydrogen (secondary N) is 2. The van der Waals surface area contributed by atoms with Crippen LogP contribution < -0.4 is 10.6 Å². The Hall–Kier alpha value is -5.62. The van der Waals surface area contributed by atoms with Crippen LogP contribution in [-0.2, 0) is 11.2 Å². The highest BCUT2D eigenvalue weighted by atomic mass is 35.5. The van der Waals surface area contributed by atoms with Crippen LogP contribution in [0.2, 0.25) is 5.02 Å². The first kappa shape index (κ1) is 31.8. The molecule has 0 fully saturated rings. The maximum atomic E-state index is 13.7. The molecule has 0 atom stereocenters. The topological polar surface area (TPSA) is 173 Å². The summed E-state index contributed by atoms with van der Waals surface area (Å²) >= 11 is 6.54. The van der Waals surface area contributed by atoms with E-state index in [0.29, 0.717) is 49.7 Å². The number of anilines is 2. The van der Waals surface area contributed by atoms with E-state index in [1.165, 1.54) is 24.3 Å². The van der Waals surface area contributed by atoms with Crippen LogP contribution in [-0.4, -0.2) is 48.5 Å². The van der Waals surface area contributed by atoms with Gasteiger partial charge in [0.2, 0.25) is 5.78 Å². The van der Waals surface area contributed by atoms with E-state index in [1.54, 1.807) is 14.0 Å². The molecule has 1 heterocycles. The summed E-state index contributed by atoms with van der Waals surface area (Å²) in [6.07, 6.45) is 1.36. The number of nitrogens with zero attached hydrogens (tertiary/aromatic N) is 5. The monoisotopic (exact) mass is 633 g/mol. The number of carbonyl (C=O) groups excluding carboxylic acids is 2. The highest BCUT2D eigenvalue weighted by molar-refractivity contribution is 6.37. The third-order valence-corrected chi connectivity index (χ3v) is 7.77. The highest BCUT2D eigenvalue weighted by Gasteiger charge is 2.37. The quantitative estimate of drug-likeness (QED) is 0.105. The molecule has 46 heavy (non-hydrogen) atoms. The van der Waals surface area contributed by atoms with Crippen molar-refractivity contribution in [2.24, 2.45) is 10.2 Å². The zero-order chi connectivity index (χ0) is 32.8. The fraction of sp³-hybridized carbons (Fsp3) is 0.206. The molecule has 12 heteroatoms. The molecule has 4 aromatic rings. The second-order valence-electron chi connectivity index (χ2n) is 10.4. The molecule has 1 aliphatic rings. The highest BCUT2D eigenvalue weighted by Crippen LogP contribution is 2.43. The van der Waals surface area contributed by atoms with E-state index in [4.69, 9.17) is 16.3 Å². The van der Waals surface area contributed by atoms with Crippen LogP contribution in [0.3, 0.4) is 0 Å². The molecule has 0 unspecified atom stereocenters. The van der Waals surface area contributed by atoms with Gasteiger partial charge in [-0.1, -0.05) is 54.1 Å². The number of pyridine rings is 1. The number of fused-ring (bicyclic) bond motifs is 2. The van der Waals surface area contributed by atoms with Gasteiger partial charge in [-0.15, -0.1) is 10.2 Å². The summed E-state index contributed by atoms with van der Waals surface area (Å²) in [7, 11) is 1.60. The fourth-order valence-electron chi connectivity index (χ4n) is 5.21. The van der Waals surface area contributed by atoms with E-state index in [9.17, 15) is 25.2 Å². The molecule has 0 bridgehead atoms. The molecule has 0 aliphatic heterocycles. The molecule has 0 saturated carbocycles. The minimum absolute atomic E-state index is 0.0317. The third kappa shape index (κ3) is 6.15. The molecule has 5 rings (SSSR count). The minimum Gasteiger partial charge on any atom is -0.507 e. The molecule has 1 aliphatic carbocycles. The first-order valence-corrected chi connectivity index (χ1v) is 14.7. The van der Waals surface area contributed by atoms with Gasteiger partial charge in [0, 0.05) is 37.9 Å². The molecule has 11 nitrogen and oxygen atoms in total. The molecule has 1 aromatic heterocycles. The van der Waals surface area contributed by atoms with Crippen LogP contribution in [0, 0.1) is 29.6 Å². The van der Waals surface area contributed by atoms with Crippen molar-refractivity contribution < 1.29 is 19.4 Å². The Balaban J connectivity index is 1.59. The van der Waals surface area contributed by atoms with Crippen LogP contribution in [0.25, 0.3) is 0 Å². The molecular weight excluding hydrogens is 606 g/mol. The molecule has 0 spiro atoms. The second-order valence-corrected chi connectivity index (χ2v) is 10.8. The Morgan fingerprint density at radius 3 is 2.37 bits per heavy atom. The van der Waals surface area contributed by atoms with Gasteiger partial charge in [0.1, 0.15) is 29.0 Å². The number of phenols is 1. The number of hydrogen-bond acceptors (Lipinski definition) is 11. The molecule has 230 valence electrons. The van der Waals surface area contributed by atoms with E-state index >= 15 is 0 Å². The Morgan fingerprint density at radius 1 is 0.913 bits per heavy atom. The second kappa shape index (κ2) is 14.0. The van der Waals surface area contributed by atoms with Gasteiger partial charge in [0.25, 0.3) is 0 Å². The first-order chi connectivity index (χ1) is 22.3. The number of halogens is 1. The zero-order valence-corrected chi connectivity index (χ0v) is 25.8. The van der Waals surface area contributed by atoms with Gasteiger partial charge in [-0.3, -0.25) is 9.59 Å². The summed E-state index contributed by atoms with van der Waals surface area (Å²) in [5.41, 5.74) is 1.13. The van der Waals surface area contributed by atoms with Crippen molar-refractivity contribution in [3.05, 3.63) is 104 Å². The number of carbonyl (C=O) groups is 2. The molecule has 0 saturated heterocycles. The van der Waals surface area contributed by atoms with Crippen LogP contribution in [0.1, 0.15) is 60.5 Å².